The zero-order chi connectivity index (χ0) is 22.1. The van der Waals surface area contributed by atoms with E-state index in [-0.39, 0.29) is 0 Å². The molecule has 32 heavy (non-hydrogen) atoms. The van der Waals surface area contributed by atoms with Crippen molar-refractivity contribution >= 4 is 11.0 Å². The van der Waals surface area contributed by atoms with E-state index >= 15 is 0 Å². The Morgan fingerprint density at radius 1 is 0.938 bits per heavy atom. The van der Waals surface area contributed by atoms with Crippen molar-refractivity contribution in [3.8, 4) is 28.5 Å². The first-order valence-corrected chi connectivity index (χ1v) is 10.8. The van der Waals surface area contributed by atoms with E-state index < -0.39 is 0 Å². The highest BCUT2D eigenvalue weighted by Gasteiger charge is 2.22. The number of hydrogen-bond donors (Lipinski definition) is 1. The summed E-state index contributed by atoms with van der Waals surface area (Å²) in [4.78, 5) is 10.6. The molecular formula is C26H27N3O3. The van der Waals surface area contributed by atoms with Gasteiger partial charge in [-0.1, -0.05) is 0 Å². The van der Waals surface area contributed by atoms with Crippen LogP contribution in [0.15, 0.2) is 54.7 Å². The highest BCUT2D eigenvalue weighted by atomic mass is 16.5. The highest BCUT2D eigenvalue weighted by molar-refractivity contribution is 5.88. The molecule has 0 saturated carbocycles. The van der Waals surface area contributed by atoms with E-state index in [4.69, 9.17) is 14.2 Å². The SMILES string of the molecule is COc1ccc(-c2[nH]c3ncccc3c2CN2CCc3cc(OC)c(OC)cc3C2)cc1. The van der Waals surface area contributed by atoms with Crippen LogP contribution in [-0.2, 0) is 19.5 Å². The van der Waals surface area contributed by atoms with Crippen molar-refractivity contribution in [3.05, 3.63) is 71.4 Å². The number of ether oxygens (including phenoxy) is 3. The Hall–Kier alpha value is -3.51. The van der Waals surface area contributed by atoms with Gasteiger partial charge in [-0.2, -0.15) is 0 Å². The lowest BCUT2D eigenvalue weighted by Gasteiger charge is -2.29. The van der Waals surface area contributed by atoms with Gasteiger partial charge in [0.1, 0.15) is 11.4 Å². The van der Waals surface area contributed by atoms with E-state index in [1.54, 1.807) is 21.3 Å². The normalized spacial score (nSPS) is 13.7. The van der Waals surface area contributed by atoms with Crippen LogP contribution in [0.3, 0.4) is 0 Å². The van der Waals surface area contributed by atoms with E-state index in [1.165, 1.54) is 16.7 Å². The van der Waals surface area contributed by atoms with Crippen LogP contribution in [0.4, 0.5) is 0 Å². The highest BCUT2D eigenvalue weighted by Crippen LogP contribution is 2.35. The second-order valence-electron chi connectivity index (χ2n) is 8.04. The summed E-state index contributed by atoms with van der Waals surface area (Å²) in [5.41, 5.74) is 7.04. The number of benzene rings is 2. The number of pyridine rings is 1. The molecule has 1 aliphatic heterocycles. The molecule has 1 aliphatic rings. The molecule has 0 saturated heterocycles. The monoisotopic (exact) mass is 429 g/mol. The van der Waals surface area contributed by atoms with Gasteiger partial charge in [0.2, 0.25) is 0 Å². The van der Waals surface area contributed by atoms with Gasteiger partial charge >= 0.3 is 0 Å². The second-order valence-corrected chi connectivity index (χ2v) is 8.04. The largest absolute Gasteiger partial charge is 0.497 e. The minimum Gasteiger partial charge on any atom is -0.497 e. The van der Waals surface area contributed by atoms with Crippen LogP contribution in [0.5, 0.6) is 17.2 Å². The van der Waals surface area contributed by atoms with E-state index in [9.17, 15) is 0 Å². The van der Waals surface area contributed by atoms with Gasteiger partial charge in [-0.05, 0) is 71.6 Å². The van der Waals surface area contributed by atoms with E-state index in [2.05, 4.69) is 45.2 Å². The first kappa shape index (κ1) is 20.4. The number of nitrogens with one attached hydrogen (secondary N) is 1. The topological polar surface area (TPSA) is 59.6 Å². The van der Waals surface area contributed by atoms with Crippen LogP contribution in [0, 0.1) is 0 Å². The first-order chi connectivity index (χ1) is 15.7. The number of aromatic nitrogens is 2. The summed E-state index contributed by atoms with van der Waals surface area (Å²) in [6.07, 6.45) is 2.81. The fraction of sp³-hybridized carbons (Fsp3) is 0.269. The lowest BCUT2D eigenvalue weighted by Crippen LogP contribution is -2.30. The van der Waals surface area contributed by atoms with Gasteiger partial charge in [-0.25, -0.2) is 4.98 Å². The molecule has 164 valence electrons. The third-order valence-corrected chi connectivity index (χ3v) is 6.24. The first-order valence-electron chi connectivity index (χ1n) is 10.8. The van der Waals surface area contributed by atoms with Crippen LogP contribution < -0.4 is 14.2 Å². The molecule has 4 aromatic rings. The van der Waals surface area contributed by atoms with E-state index in [0.717, 1.165) is 65.6 Å². The van der Waals surface area contributed by atoms with E-state index in [0.29, 0.717) is 0 Å². The Balaban J connectivity index is 1.49. The van der Waals surface area contributed by atoms with Crippen LogP contribution in [0.2, 0.25) is 0 Å². The molecule has 2 aromatic carbocycles. The third kappa shape index (κ3) is 3.67. The Kier molecular flexibility index (Phi) is 5.45. The lowest BCUT2D eigenvalue weighted by molar-refractivity contribution is 0.245. The minimum absolute atomic E-state index is 0.781. The maximum absolute atomic E-state index is 5.53. The number of H-pyrrole nitrogens is 1. The fourth-order valence-electron chi connectivity index (χ4n) is 4.55. The van der Waals surface area contributed by atoms with Crippen LogP contribution >= 0.6 is 0 Å². The number of hydrogen-bond acceptors (Lipinski definition) is 5. The second kappa shape index (κ2) is 8.55. The number of aromatic amines is 1. The van der Waals surface area contributed by atoms with E-state index in [1.807, 2.05) is 24.4 Å². The van der Waals surface area contributed by atoms with Crippen molar-refractivity contribution in [1.29, 1.82) is 0 Å². The number of nitrogens with zero attached hydrogens (tertiary/aromatic N) is 2. The van der Waals surface area contributed by atoms with Gasteiger partial charge in [0.15, 0.2) is 11.5 Å². The van der Waals surface area contributed by atoms with Gasteiger partial charge in [0.25, 0.3) is 0 Å². The minimum atomic E-state index is 0.781. The maximum atomic E-state index is 5.53. The standard InChI is InChI=1S/C26H27N3O3/c1-30-20-8-6-17(7-9-20)25-22(21-5-4-11-27-26(21)28-25)16-29-12-10-18-13-23(31-2)24(32-3)14-19(18)15-29/h4-9,11,13-14H,10,12,15-16H2,1-3H3,(H,27,28). The molecule has 0 unspecified atom stereocenters. The van der Waals surface area contributed by atoms with Gasteiger partial charge in [-0.15, -0.1) is 0 Å². The van der Waals surface area contributed by atoms with Crippen molar-refractivity contribution in [1.82, 2.24) is 14.9 Å². The average Bonchev–Trinajstić information content (AvgIpc) is 3.21. The Morgan fingerprint density at radius 3 is 2.41 bits per heavy atom. The Bertz CT molecular complexity index is 1250. The predicted octanol–water partition coefficient (Wildman–Crippen LogP) is 4.81. The van der Waals surface area contributed by atoms with Crippen molar-refractivity contribution in [2.45, 2.75) is 19.5 Å². The Labute approximate surface area is 187 Å². The molecule has 0 spiro atoms. The molecule has 0 fully saturated rings. The summed E-state index contributed by atoms with van der Waals surface area (Å²) in [5.74, 6) is 2.43. The van der Waals surface area contributed by atoms with Crippen LogP contribution in [-0.4, -0.2) is 42.7 Å². The summed E-state index contributed by atoms with van der Waals surface area (Å²) in [5, 5.41) is 1.16. The number of fused-ring (bicyclic) bond motifs is 2. The fourth-order valence-corrected chi connectivity index (χ4v) is 4.55. The summed E-state index contributed by atoms with van der Waals surface area (Å²) in [6, 6.07) is 16.5. The molecule has 0 atom stereocenters. The molecule has 1 N–H and O–H groups in total. The summed E-state index contributed by atoms with van der Waals surface area (Å²) in [6.45, 7) is 2.68. The lowest BCUT2D eigenvalue weighted by atomic mass is 9.97. The molecule has 0 amide bonds. The summed E-state index contributed by atoms with van der Waals surface area (Å²) < 4.78 is 16.3. The van der Waals surface area contributed by atoms with Crippen molar-refractivity contribution in [2.24, 2.45) is 0 Å². The summed E-state index contributed by atoms with van der Waals surface area (Å²) >= 11 is 0. The third-order valence-electron chi connectivity index (χ3n) is 6.24. The van der Waals surface area contributed by atoms with Gasteiger partial charge in [0, 0.05) is 36.8 Å². The maximum Gasteiger partial charge on any atom is 0.161 e. The predicted molar refractivity (Wildman–Crippen MR) is 125 cm³/mol. The molecule has 3 heterocycles. The molecule has 0 radical (unpaired) electrons. The molecule has 6 heteroatoms. The van der Waals surface area contributed by atoms with Crippen molar-refractivity contribution < 1.29 is 14.2 Å². The number of rotatable bonds is 6. The Morgan fingerprint density at radius 2 is 1.69 bits per heavy atom. The zero-order valence-corrected chi connectivity index (χ0v) is 18.6. The molecular weight excluding hydrogens is 402 g/mol. The van der Waals surface area contributed by atoms with Gasteiger partial charge < -0.3 is 19.2 Å². The van der Waals surface area contributed by atoms with Crippen molar-refractivity contribution in [2.75, 3.05) is 27.9 Å². The summed E-state index contributed by atoms with van der Waals surface area (Å²) in [7, 11) is 5.06. The molecule has 6 nitrogen and oxygen atoms in total. The molecule has 0 aliphatic carbocycles. The molecule has 0 bridgehead atoms. The van der Waals surface area contributed by atoms with Crippen LogP contribution in [0.25, 0.3) is 22.3 Å². The van der Waals surface area contributed by atoms with Crippen LogP contribution in [0.1, 0.15) is 16.7 Å². The quantitative estimate of drug-likeness (QED) is 0.476. The van der Waals surface area contributed by atoms with Crippen molar-refractivity contribution in [3.63, 3.8) is 0 Å². The van der Waals surface area contributed by atoms with Gasteiger partial charge in [0.05, 0.1) is 27.0 Å². The average molecular weight is 430 g/mol. The smallest absolute Gasteiger partial charge is 0.161 e. The van der Waals surface area contributed by atoms with Gasteiger partial charge in [-0.3, -0.25) is 4.90 Å². The zero-order valence-electron chi connectivity index (χ0n) is 18.6. The number of methoxy groups -OCH3 is 3. The molecule has 5 rings (SSSR count). The molecule has 2 aromatic heterocycles.